The molecule has 1 amide bonds. The summed E-state index contributed by atoms with van der Waals surface area (Å²) in [5, 5.41) is 2.58. The van der Waals surface area contributed by atoms with Gasteiger partial charge in [0.15, 0.2) is 9.84 Å². The minimum atomic E-state index is -3.26. The van der Waals surface area contributed by atoms with Crippen molar-refractivity contribution in [3.05, 3.63) is 29.8 Å². The van der Waals surface area contributed by atoms with Crippen LogP contribution in [0.1, 0.15) is 19.4 Å². The van der Waals surface area contributed by atoms with Gasteiger partial charge in [0, 0.05) is 45.3 Å². The van der Waals surface area contributed by atoms with Crippen LogP contribution in [0.25, 0.3) is 0 Å². The first-order valence-electron chi connectivity index (χ1n) is 8.92. The summed E-state index contributed by atoms with van der Waals surface area (Å²) in [5.74, 6) is -0.0166. The van der Waals surface area contributed by atoms with Crippen LogP contribution in [0.4, 0.5) is 0 Å². The van der Waals surface area contributed by atoms with Crippen molar-refractivity contribution in [2.45, 2.75) is 36.5 Å². The molecule has 3 aliphatic heterocycles. The third-order valence-corrected chi connectivity index (χ3v) is 7.33. The van der Waals surface area contributed by atoms with Gasteiger partial charge in [0.2, 0.25) is 5.91 Å². The van der Waals surface area contributed by atoms with Crippen molar-refractivity contribution < 1.29 is 13.2 Å². The molecule has 0 spiro atoms. The number of nitrogens with one attached hydrogen (secondary N) is 1. The minimum absolute atomic E-state index is 0.0166. The molecule has 1 unspecified atom stereocenters. The van der Waals surface area contributed by atoms with Gasteiger partial charge in [-0.1, -0.05) is 12.1 Å². The van der Waals surface area contributed by atoms with Crippen molar-refractivity contribution in [3.8, 4) is 0 Å². The summed E-state index contributed by atoms with van der Waals surface area (Å²) >= 11 is 0. The Labute approximate surface area is 150 Å². The van der Waals surface area contributed by atoms with Crippen molar-refractivity contribution >= 4 is 15.7 Å². The van der Waals surface area contributed by atoms with Crippen LogP contribution in [-0.2, 0) is 21.1 Å². The lowest BCUT2D eigenvalue weighted by atomic mass is 10.1. The second-order valence-electron chi connectivity index (χ2n) is 7.21. The molecule has 4 rings (SSSR count). The van der Waals surface area contributed by atoms with Gasteiger partial charge in [0.25, 0.3) is 0 Å². The molecular formula is C18H27N3O3S. The highest BCUT2D eigenvalue weighted by atomic mass is 32.2. The van der Waals surface area contributed by atoms with Crippen LogP contribution in [0, 0.1) is 0 Å². The van der Waals surface area contributed by atoms with Crippen molar-refractivity contribution in [1.82, 2.24) is 15.1 Å². The predicted molar refractivity (Wildman–Crippen MR) is 97.3 cm³/mol. The molecule has 138 valence electrons. The van der Waals surface area contributed by atoms with E-state index in [-0.39, 0.29) is 12.3 Å². The molecule has 25 heavy (non-hydrogen) atoms. The third-order valence-electron chi connectivity index (χ3n) is 5.16. The number of hydrogen-bond donors (Lipinski definition) is 1. The Morgan fingerprint density at radius 3 is 2.32 bits per heavy atom. The first-order chi connectivity index (χ1) is 11.9. The van der Waals surface area contributed by atoms with Crippen molar-refractivity contribution in [2.75, 3.05) is 39.3 Å². The molecule has 1 N–H and O–H groups in total. The van der Waals surface area contributed by atoms with Gasteiger partial charge < -0.3 is 5.32 Å². The summed E-state index contributed by atoms with van der Waals surface area (Å²) in [6, 6.07) is 7.05. The molecule has 0 saturated carbocycles. The Kier molecular flexibility index (Phi) is 5.46. The molecule has 1 aromatic rings. The van der Waals surface area contributed by atoms with E-state index in [2.05, 4.69) is 15.1 Å². The standard InChI is InChI=1S/C18H27N3O3S/c1-14(2)25(23,24)17-5-3-15(4-6-17)11-18(22)19-12-16-13-20-7-9-21(16)10-8-20/h3-6,14,16H,7-13H2,1-2H3,(H,19,22). The Balaban J connectivity index is 1.51. The number of piperazine rings is 3. The van der Waals surface area contributed by atoms with Gasteiger partial charge in [-0.3, -0.25) is 14.6 Å². The Morgan fingerprint density at radius 1 is 1.16 bits per heavy atom. The molecule has 6 nitrogen and oxygen atoms in total. The van der Waals surface area contributed by atoms with Crippen LogP contribution in [-0.4, -0.2) is 74.7 Å². The smallest absolute Gasteiger partial charge is 0.224 e. The lowest BCUT2D eigenvalue weighted by molar-refractivity contribution is -0.121. The Hall–Kier alpha value is -1.44. The third kappa shape index (κ3) is 4.22. The van der Waals surface area contributed by atoms with Gasteiger partial charge in [-0.25, -0.2) is 8.42 Å². The van der Waals surface area contributed by atoms with E-state index in [0.717, 1.165) is 38.3 Å². The van der Waals surface area contributed by atoms with E-state index < -0.39 is 15.1 Å². The van der Waals surface area contributed by atoms with Crippen LogP contribution < -0.4 is 5.32 Å². The van der Waals surface area contributed by atoms with Gasteiger partial charge in [0.1, 0.15) is 0 Å². The zero-order valence-electron chi connectivity index (χ0n) is 14.9. The van der Waals surface area contributed by atoms with Crippen molar-refractivity contribution in [3.63, 3.8) is 0 Å². The number of sulfone groups is 1. The monoisotopic (exact) mass is 365 g/mol. The van der Waals surface area contributed by atoms with E-state index in [1.54, 1.807) is 38.1 Å². The van der Waals surface area contributed by atoms with Gasteiger partial charge in [0.05, 0.1) is 16.6 Å². The molecule has 3 saturated heterocycles. The highest BCUT2D eigenvalue weighted by Gasteiger charge is 2.31. The van der Waals surface area contributed by atoms with Crippen LogP contribution in [0.2, 0.25) is 0 Å². The average molecular weight is 365 g/mol. The van der Waals surface area contributed by atoms with Crippen LogP contribution in [0.5, 0.6) is 0 Å². The summed E-state index contributed by atoms with van der Waals surface area (Å²) in [5.41, 5.74) is 0.828. The number of carbonyl (C=O) groups excluding carboxylic acids is 1. The van der Waals surface area contributed by atoms with Crippen molar-refractivity contribution in [2.24, 2.45) is 0 Å². The minimum Gasteiger partial charge on any atom is -0.354 e. The largest absolute Gasteiger partial charge is 0.354 e. The van der Waals surface area contributed by atoms with Crippen LogP contribution in [0.3, 0.4) is 0 Å². The number of rotatable bonds is 6. The SMILES string of the molecule is CC(C)S(=O)(=O)c1ccc(CC(=O)NCC2CN3CCN2CC3)cc1. The maximum absolute atomic E-state index is 12.2. The lowest BCUT2D eigenvalue weighted by Gasteiger charge is -2.47. The summed E-state index contributed by atoms with van der Waals surface area (Å²) in [6.07, 6.45) is 0.276. The fourth-order valence-electron chi connectivity index (χ4n) is 3.47. The molecular weight excluding hydrogens is 338 g/mol. The fraction of sp³-hybridized carbons (Fsp3) is 0.611. The number of benzene rings is 1. The number of carbonyl (C=O) groups is 1. The molecule has 3 aliphatic rings. The summed E-state index contributed by atoms with van der Waals surface area (Å²) in [4.78, 5) is 17.4. The second kappa shape index (κ2) is 7.43. The molecule has 3 fully saturated rings. The quantitative estimate of drug-likeness (QED) is 0.796. The summed E-state index contributed by atoms with van der Waals surface area (Å²) in [7, 11) is -3.26. The first-order valence-corrected chi connectivity index (χ1v) is 10.5. The van der Waals surface area contributed by atoms with E-state index in [1.165, 1.54) is 0 Å². The predicted octanol–water partition coefficient (Wildman–Crippen LogP) is 0.527. The van der Waals surface area contributed by atoms with Gasteiger partial charge in [-0.2, -0.15) is 0 Å². The summed E-state index contributed by atoms with van der Waals surface area (Å²) in [6.45, 7) is 9.49. The van der Waals surface area contributed by atoms with E-state index in [4.69, 9.17) is 0 Å². The van der Waals surface area contributed by atoms with E-state index >= 15 is 0 Å². The highest BCUT2D eigenvalue weighted by molar-refractivity contribution is 7.92. The molecule has 0 radical (unpaired) electrons. The van der Waals surface area contributed by atoms with Crippen LogP contribution in [0.15, 0.2) is 29.2 Å². The van der Waals surface area contributed by atoms with E-state index in [1.807, 2.05) is 0 Å². The normalized spacial score (nSPS) is 26.0. The van der Waals surface area contributed by atoms with E-state index in [0.29, 0.717) is 17.5 Å². The first kappa shape index (κ1) is 18.4. The molecule has 2 bridgehead atoms. The van der Waals surface area contributed by atoms with Gasteiger partial charge in [-0.15, -0.1) is 0 Å². The fourth-order valence-corrected chi connectivity index (χ4v) is 4.53. The molecule has 1 atom stereocenters. The second-order valence-corrected chi connectivity index (χ2v) is 9.71. The lowest BCUT2D eigenvalue weighted by Crippen LogP contribution is -2.63. The van der Waals surface area contributed by atoms with Crippen LogP contribution >= 0.6 is 0 Å². The Bertz CT molecular complexity index is 708. The Morgan fingerprint density at radius 2 is 1.80 bits per heavy atom. The van der Waals surface area contributed by atoms with Gasteiger partial charge in [-0.05, 0) is 31.5 Å². The molecule has 0 aliphatic carbocycles. The number of nitrogens with zero attached hydrogens (tertiary/aromatic N) is 2. The maximum atomic E-state index is 12.2. The topological polar surface area (TPSA) is 69.7 Å². The van der Waals surface area contributed by atoms with Gasteiger partial charge >= 0.3 is 0 Å². The molecule has 0 aromatic heterocycles. The highest BCUT2D eigenvalue weighted by Crippen LogP contribution is 2.17. The molecule has 7 heteroatoms. The summed E-state index contributed by atoms with van der Waals surface area (Å²) < 4.78 is 24.2. The number of hydrogen-bond acceptors (Lipinski definition) is 5. The maximum Gasteiger partial charge on any atom is 0.224 e. The molecule has 3 heterocycles. The van der Waals surface area contributed by atoms with Crippen molar-refractivity contribution in [1.29, 1.82) is 0 Å². The zero-order chi connectivity index (χ0) is 18.0. The molecule has 1 aromatic carbocycles. The number of fused-ring (bicyclic) bond motifs is 3. The number of amides is 1. The zero-order valence-corrected chi connectivity index (χ0v) is 15.8. The average Bonchev–Trinajstić information content (AvgIpc) is 2.61. The van der Waals surface area contributed by atoms with E-state index in [9.17, 15) is 13.2 Å².